The molecule has 0 bridgehead atoms. The summed E-state index contributed by atoms with van der Waals surface area (Å²) in [5.74, 6) is 0.648. The molecule has 0 amide bonds. The van der Waals surface area contributed by atoms with Gasteiger partial charge in [0.2, 0.25) is 0 Å². The van der Waals surface area contributed by atoms with Crippen molar-refractivity contribution in [2.45, 2.75) is 26.2 Å². The van der Waals surface area contributed by atoms with Crippen LogP contribution in [0.2, 0.25) is 0 Å². The van der Waals surface area contributed by atoms with E-state index in [0.29, 0.717) is 12.3 Å². The molecule has 0 aliphatic heterocycles. The highest BCUT2D eigenvalue weighted by Crippen LogP contribution is 2.16. The zero-order valence-electron chi connectivity index (χ0n) is 10.4. The van der Waals surface area contributed by atoms with Crippen LogP contribution in [0.1, 0.15) is 25.3 Å². The first-order valence-electron chi connectivity index (χ1n) is 6.15. The van der Waals surface area contributed by atoms with Gasteiger partial charge in [-0.3, -0.25) is 0 Å². The van der Waals surface area contributed by atoms with Crippen LogP contribution in [0.25, 0.3) is 0 Å². The Morgan fingerprint density at radius 1 is 1.29 bits per heavy atom. The van der Waals surface area contributed by atoms with Gasteiger partial charge < -0.3 is 9.69 Å². The molecule has 1 aromatic carbocycles. The highest BCUT2D eigenvalue weighted by atomic mass is 35.5. The molecule has 1 rings (SSSR count). The summed E-state index contributed by atoms with van der Waals surface area (Å²) in [5.41, 5.74) is 2.50. The topological polar surface area (TPSA) is 20.3 Å². The highest BCUT2D eigenvalue weighted by Gasteiger charge is 2.02. The lowest BCUT2D eigenvalue weighted by Crippen LogP contribution is -2.24. The summed E-state index contributed by atoms with van der Waals surface area (Å²) in [6.45, 7) is 3.98. The van der Waals surface area contributed by atoms with Crippen molar-refractivity contribution in [1.29, 1.82) is 0 Å². The molecule has 0 aromatic heterocycles. The first kappa shape index (κ1) is 14.0. The van der Waals surface area contributed by atoms with E-state index in [4.69, 9.17) is 11.6 Å². The molecular weight excluding hydrogens is 234 g/mol. The van der Waals surface area contributed by atoms with E-state index in [2.05, 4.69) is 36.1 Å². The van der Waals surface area contributed by atoms with Gasteiger partial charge in [0.15, 0.2) is 0 Å². The van der Waals surface area contributed by atoms with E-state index in [1.165, 1.54) is 11.3 Å². The summed E-state index contributed by atoms with van der Waals surface area (Å²) in [4.78, 5) is 12.5. The number of alkyl halides is 1. The fourth-order valence-corrected chi connectivity index (χ4v) is 2.04. The molecule has 0 heterocycles. The van der Waals surface area contributed by atoms with Gasteiger partial charge in [-0.05, 0) is 37.5 Å². The Bertz CT molecular complexity index is 323. The number of unbranched alkanes of at least 4 members (excludes halogenated alkanes) is 1. The van der Waals surface area contributed by atoms with Crippen molar-refractivity contribution in [2.24, 2.45) is 0 Å². The number of halogens is 1. The molecule has 0 fully saturated rings. The monoisotopic (exact) mass is 253 g/mol. The number of anilines is 1. The van der Waals surface area contributed by atoms with Gasteiger partial charge in [-0.25, -0.2) is 0 Å². The summed E-state index contributed by atoms with van der Waals surface area (Å²) < 4.78 is 0. The van der Waals surface area contributed by atoms with E-state index in [1.807, 2.05) is 0 Å². The second-order valence-corrected chi connectivity index (χ2v) is 4.37. The van der Waals surface area contributed by atoms with Crippen LogP contribution in [0.4, 0.5) is 5.69 Å². The SMILES string of the molecule is CCN(CCCl)c1ccc(CCCC=O)cc1. The Morgan fingerprint density at radius 3 is 2.53 bits per heavy atom. The molecule has 0 atom stereocenters. The summed E-state index contributed by atoms with van der Waals surface area (Å²) in [6, 6.07) is 8.53. The van der Waals surface area contributed by atoms with Crippen LogP contribution in [0, 0.1) is 0 Å². The van der Waals surface area contributed by atoms with Crippen molar-refractivity contribution in [3.05, 3.63) is 29.8 Å². The lowest BCUT2D eigenvalue weighted by molar-refractivity contribution is -0.107. The van der Waals surface area contributed by atoms with Crippen molar-refractivity contribution in [2.75, 3.05) is 23.9 Å². The van der Waals surface area contributed by atoms with Crippen LogP contribution in [0.3, 0.4) is 0 Å². The van der Waals surface area contributed by atoms with Gasteiger partial charge in [0.05, 0.1) is 0 Å². The van der Waals surface area contributed by atoms with Crippen LogP contribution in [0.5, 0.6) is 0 Å². The van der Waals surface area contributed by atoms with Gasteiger partial charge in [-0.2, -0.15) is 0 Å². The number of benzene rings is 1. The fraction of sp³-hybridized carbons (Fsp3) is 0.500. The maximum atomic E-state index is 10.2. The number of carbonyl (C=O) groups excluding carboxylic acids is 1. The minimum Gasteiger partial charge on any atom is -0.371 e. The maximum absolute atomic E-state index is 10.2. The molecule has 17 heavy (non-hydrogen) atoms. The predicted molar refractivity (Wildman–Crippen MR) is 74.1 cm³/mol. The molecule has 0 saturated heterocycles. The van der Waals surface area contributed by atoms with Gasteiger partial charge in [-0.1, -0.05) is 12.1 Å². The Labute approximate surface area is 109 Å². The molecule has 0 radical (unpaired) electrons. The van der Waals surface area contributed by atoms with E-state index < -0.39 is 0 Å². The van der Waals surface area contributed by atoms with Gasteiger partial charge in [-0.15, -0.1) is 11.6 Å². The quantitative estimate of drug-likeness (QED) is 0.403. The standard InChI is InChI=1S/C14H20ClNO/c1-2-16(11-10-15)14-8-6-13(7-9-14)5-3-4-12-17/h6-9,12H,2-5,10-11H2,1H3. The van der Waals surface area contributed by atoms with Gasteiger partial charge in [0, 0.05) is 31.1 Å². The zero-order valence-corrected chi connectivity index (χ0v) is 11.1. The van der Waals surface area contributed by atoms with Crippen molar-refractivity contribution in [1.82, 2.24) is 0 Å². The van der Waals surface area contributed by atoms with E-state index >= 15 is 0 Å². The van der Waals surface area contributed by atoms with Crippen LogP contribution in [-0.4, -0.2) is 25.3 Å². The third kappa shape index (κ3) is 4.78. The summed E-state index contributed by atoms with van der Waals surface area (Å²) >= 11 is 5.77. The molecule has 94 valence electrons. The Hall–Kier alpha value is -1.02. The van der Waals surface area contributed by atoms with E-state index in [1.54, 1.807) is 0 Å². The molecule has 0 aliphatic carbocycles. The summed E-state index contributed by atoms with van der Waals surface area (Å²) in [6.07, 6.45) is 3.53. The second-order valence-electron chi connectivity index (χ2n) is 3.99. The molecular formula is C14H20ClNO. The number of hydrogen-bond donors (Lipinski definition) is 0. The molecule has 0 unspecified atom stereocenters. The smallest absolute Gasteiger partial charge is 0.120 e. The lowest BCUT2D eigenvalue weighted by Gasteiger charge is -2.22. The first-order valence-corrected chi connectivity index (χ1v) is 6.68. The molecule has 2 nitrogen and oxygen atoms in total. The zero-order chi connectivity index (χ0) is 12.5. The number of carbonyl (C=O) groups is 1. The largest absolute Gasteiger partial charge is 0.371 e. The normalized spacial score (nSPS) is 10.2. The van der Waals surface area contributed by atoms with Crippen LogP contribution < -0.4 is 4.90 Å². The van der Waals surface area contributed by atoms with Crippen molar-refractivity contribution < 1.29 is 4.79 Å². The third-order valence-electron chi connectivity index (χ3n) is 2.83. The van der Waals surface area contributed by atoms with Gasteiger partial charge in [0.25, 0.3) is 0 Å². The number of aldehydes is 1. The number of nitrogens with zero attached hydrogens (tertiary/aromatic N) is 1. The van der Waals surface area contributed by atoms with Gasteiger partial charge >= 0.3 is 0 Å². The van der Waals surface area contributed by atoms with E-state index in [0.717, 1.165) is 32.2 Å². The average Bonchev–Trinajstić information content (AvgIpc) is 2.37. The maximum Gasteiger partial charge on any atom is 0.120 e. The van der Waals surface area contributed by atoms with Crippen molar-refractivity contribution in [3.8, 4) is 0 Å². The van der Waals surface area contributed by atoms with E-state index in [-0.39, 0.29) is 0 Å². The summed E-state index contributed by atoms with van der Waals surface area (Å²) in [7, 11) is 0. The Balaban J connectivity index is 2.56. The van der Waals surface area contributed by atoms with Gasteiger partial charge in [0.1, 0.15) is 6.29 Å². The molecule has 0 N–H and O–H groups in total. The van der Waals surface area contributed by atoms with E-state index in [9.17, 15) is 4.79 Å². The van der Waals surface area contributed by atoms with Crippen molar-refractivity contribution in [3.63, 3.8) is 0 Å². The Morgan fingerprint density at radius 2 is 2.00 bits per heavy atom. The second kappa shape index (κ2) is 8.13. The predicted octanol–water partition coefficient (Wildman–Crippen LogP) is 3.27. The highest BCUT2D eigenvalue weighted by molar-refractivity contribution is 6.18. The minimum atomic E-state index is 0.648. The third-order valence-corrected chi connectivity index (χ3v) is 2.99. The lowest BCUT2D eigenvalue weighted by atomic mass is 10.1. The number of rotatable bonds is 8. The first-order chi connectivity index (χ1) is 8.31. The molecule has 0 aliphatic rings. The number of hydrogen-bond acceptors (Lipinski definition) is 2. The van der Waals surface area contributed by atoms with Crippen LogP contribution in [0.15, 0.2) is 24.3 Å². The minimum absolute atomic E-state index is 0.648. The summed E-state index contributed by atoms with van der Waals surface area (Å²) in [5, 5.41) is 0. The fourth-order valence-electron chi connectivity index (χ4n) is 1.83. The van der Waals surface area contributed by atoms with Crippen molar-refractivity contribution >= 4 is 23.6 Å². The van der Waals surface area contributed by atoms with Crippen LogP contribution in [-0.2, 0) is 11.2 Å². The molecule has 0 spiro atoms. The molecule has 1 aromatic rings. The van der Waals surface area contributed by atoms with Crippen LogP contribution >= 0.6 is 11.6 Å². The molecule has 0 saturated carbocycles. The number of aryl methyl sites for hydroxylation is 1. The molecule has 3 heteroatoms. The average molecular weight is 254 g/mol. The Kier molecular flexibility index (Phi) is 6.71.